The number of hydrogen-bond acceptors (Lipinski definition) is 3. The van der Waals surface area contributed by atoms with E-state index in [1.807, 2.05) is 6.07 Å². The molecule has 3 N–H and O–H groups in total. The first-order valence-electron chi connectivity index (χ1n) is 5.43. The molecule has 2 aromatic rings. The summed E-state index contributed by atoms with van der Waals surface area (Å²) in [5, 5.41) is 1.85. The van der Waals surface area contributed by atoms with Crippen molar-refractivity contribution in [1.82, 2.24) is 4.72 Å². The lowest BCUT2D eigenvalue weighted by Gasteiger charge is -2.09. The fourth-order valence-corrected chi connectivity index (χ4v) is 3.22. The van der Waals surface area contributed by atoms with E-state index >= 15 is 0 Å². The summed E-state index contributed by atoms with van der Waals surface area (Å²) in [7, 11) is -3.55. The van der Waals surface area contributed by atoms with E-state index in [9.17, 15) is 8.42 Å². The quantitative estimate of drug-likeness (QED) is 0.898. The van der Waals surface area contributed by atoms with Crippen LogP contribution in [-0.4, -0.2) is 21.5 Å². The predicted molar refractivity (Wildman–Crippen MR) is 73.2 cm³/mol. The van der Waals surface area contributed by atoms with Gasteiger partial charge in [-0.05, 0) is 12.1 Å². The van der Waals surface area contributed by atoms with Crippen molar-refractivity contribution in [2.45, 2.75) is 4.90 Å². The minimum Gasteiger partial charge on any atom is -0.329 e. The molecule has 4 nitrogen and oxygen atoms in total. The monoisotopic (exact) mass is 284 g/mol. The summed E-state index contributed by atoms with van der Waals surface area (Å²) in [6.07, 6.45) is 0. The van der Waals surface area contributed by atoms with Gasteiger partial charge >= 0.3 is 0 Å². The number of rotatable bonds is 4. The van der Waals surface area contributed by atoms with Gasteiger partial charge in [0.2, 0.25) is 10.0 Å². The van der Waals surface area contributed by atoms with Crippen LogP contribution in [0.15, 0.2) is 41.3 Å². The Labute approximate surface area is 111 Å². The Morgan fingerprint density at radius 3 is 2.44 bits per heavy atom. The van der Waals surface area contributed by atoms with E-state index < -0.39 is 10.0 Å². The smallest absolute Gasteiger partial charge is 0.241 e. The highest BCUT2D eigenvalue weighted by molar-refractivity contribution is 7.89. The van der Waals surface area contributed by atoms with Crippen LogP contribution in [0.4, 0.5) is 0 Å². The average Bonchev–Trinajstić information content (AvgIpc) is 2.37. The van der Waals surface area contributed by atoms with Gasteiger partial charge in [-0.3, -0.25) is 0 Å². The van der Waals surface area contributed by atoms with Gasteiger partial charge in [0.05, 0.1) is 4.90 Å². The van der Waals surface area contributed by atoms with Gasteiger partial charge in [-0.25, -0.2) is 13.1 Å². The van der Waals surface area contributed by atoms with E-state index in [1.54, 1.807) is 24.3 Å². The van der Waals surface area contributed by atoms with Gasteiger partial charge in [0.1, 0.15) is 0 Å². The lowest BCUT2D eigenvalue weighted by atomic mass is 10.1. The van der Waals surface area contributed by atoms with Gasteiger partial charge in [-0.1, -0.05) is 35.9 Å². The lowest BCUT2D eigenvalue weighted by molar-refractivity contribution is 0.583. The van der Waals surface area contributed by atoms with Crippen LogP contribution in [0.3, 0.4) is 0 Å². The maximum atomic E-state index is 12.1. The molecule has 0 aliphatic carbocycles. The summed E-state index contributed by atoms with van der Waals surface area (Å²) in [5.74, 6) is 0. The normalized spacial score (nSPS) is 11.9. The Bertz CT molecular complexity index is 671. The zero-order chi connectivity index (χ0) is 13.2. The van der Waals surface area contributed by atoms with Gasteiger partial charge < -0.3 is 5.73 Å². The highest BCUT2D eigenvalue weighted by atomic mass is 35.5. The van der Waals surface area contributed by atoms with E-state index in [4.69, 9.17) is 17.3 Å². The maximum absolute atomic E-state index is 12.1. The maximum Gasteiger partial charge on any atom is 0.241 e. The molecule has 0 aliphatic rings. The first kappa shape index (κ1) is 13.3. The number of nitrogens with two attached hydrogens (primary N) is 1. The lowest BCUT2D eigenvalue weighted by Crippen LogP contribution is -2.29. The van der Waals surface area contributed by atoms with E-state index in [-0.39, 0.29) is 18.0 Å². The molecule has 0 fully saturated rings. The van der Waals surface area contributed by atoms with E-state index in [0.29, 0.717) is 10.4 Å². The van der Waals surface area contributed by atoms with Crippen LogP contribution in [0.1, 0.15) is 0 Å². The minimum absolute atomic E-state index is 0.208. The number of fused-ring (bicyclic) bond motifs is 1. The largest absolute Gasteiger partial charge is 0.329 e. The molecule has 0 aromatic heterocycles. The second kappa shape index (κ2) is 5.24. The molecule has 0 saturated heterocycles. The van der Waals surface area contributed by atoms with E-state index in [0.717, 1.165) is 5.39 Å². The molecular formula is C12H13ClN2O2S. The molecule has 96 valence electrons. The molecule has 0 radical (unpaired) electrons. The second-order valence-electron chi connectivity index (χ2n) is 3.78. The second-order valence-corrected chi connectivity index (χ2v) is 5.92. The summed E-state index contributed by atoms with van der Waals surface area (Å²) in [5.41, 5.74) is 5.30. The van der Waals surface area contributed by atoms with Crippen LogP contribution in [0.5, 0.6) is 0 Å². The standard InChI is InChI=1S/C12H13ClN2O2S/c13-11-5-6-12(18(16,17)15-8-7-14)10-4-2-1-3-9(10)11/h1-6,15H,7-8,14H2. The third-order valence-corrected chi connectivity index (χ3v) is 4.41. The van der Waals surface area contributed by atoms with Crippen LogP contribution in [0.25, 0.3) is 10.8 Å². The minimum atomic E-state index is -3.55. The SMILES string of the molecule is NCCNS(=O)(=O)c1ccc(Cl)c2ccccc12. The van der Waals surface area contributed by atoms with Gasteiger partial charge in [-0.2, -0.15) is 0 Å². The predicted octanol–water partition coefficient (Wildman–Crippen LogP) is 1.73. The van der Waals surface area contributed by atoms with Crippen molar-refractivity contribution in [2.75, 3.05) is 13.1 Å². The van der Waals surface area contributed by atoms with E-state index in [2.05, 4.69) is 4.72 Å². The van der Waals surface area contributed by atoms with Gasteiger partial charge in [-0.15, -0.1) is 0 Å². The van der Waals surface area contributed by atoms with Crippen LogP contribution in [0, 0.1) is 0 Å². The van der Waals surface area contributed by atoms with Crippen molar-refractivity contribution in [3.63, 3.8) is 0 Å². The van der Waals surface area contributed by atoms with Crippen molar-refractivity contribution in [2.24, 2.45) is 5.73 Å². The molecule has 2 rings (SSSR count). The van der Waals surface area contributed by atoms with Crippen molar-refractivity contribution in [1.29, 1.82) is 0 Å². The van der Waals surface area contributed by atoms with E-state index in [1.165, 1.54) is 6.07 Å². The Balaban J connectivity index is 2.62. The fraction of sp³-hybridized carbons (Fsp3) is 0.167. The first-order chi connectivity index (χ1) is 8.56. The molecule has 2 aromatic carbocycles. The fourth-order valence-electron chi connectivity index (χ4n) is 1.74. The molecule has 0 saturated carbocycles. The first-order valence-corrected chi connectivity index (χ1v) is 7.29. The molecule has 0 heterocycles. The average molecular weight is 285 g/mol. The third kappa shape index (κ3) is 2.49. The highest BCUT2D eigenvalue weighted by Gasteiger charge is 2.17. The molecular weight excluding hydrogens is 272 g/mol. The number of hydrogen-bond donors (Lipinski definition) is 2. The number of halogens is 1. The zero-order valence-electron chi connectivity index (χ0n) is 9.56. The Kier molecular flexibility index (Phi) is 3.87. The van der Waals surface area contributed by atoms with Crippen LogP contribution in [0.2, 0.25) is 5.02 Å². The highest BCUT2D eigenvalue weighted by Crippen LogP contribution is 2.28. The van der Waals surface area contributed by atoms with Crippen molar-refractivity contribution >= 4 is 32.4 Å². The molecule has 0 atom stereocenters. The van der Waals surface area contributed by atoms with Crippen LogP contribution in [-0.2, 0) is 10.0 Å². The molecule has 6 heteroatoms. The molecule has 0 amide bonds. The Morgan fingerprint density at radius 1 is 1.11 bits per heavy atom. The summed E-state index contributed by atoms with van der Waals surface area (Å²) >= 11 is 6.05. The molecule has 0 aliphatic heterocycles. The Hall–Kier alpha value is -1.14. The van der Waals surface area contributed by atoms with Crippen molar-refractivity contribution in [3.05, 3.63) is 41.4 Å². The molecule has 0 spiro atoms. The van der Waals surface area contributed by atoms with Gasteiger partial charge in [0.25, 0.3) is 0 Å². The van der Waals surface area contributed by atoms with Crippen molar-refractivity contribution in [3.8, 4) is 0 Å². The molecule has 18 heavy (non-hydrogen) atoms. The summed E-state index contributed by atoms with van der Waals surface area (Å²) in [6.45, 7) is 0.462. The van der Waals surface area contributed by atoms with Crippen LogP contribution < -0.4 is 10.5 Å². The topological polar surface area (TPSA) is 72.2 Å². The number of benzene rings is 2. The number of nitrogens with one attached hydrogen (secondary N) is 1. The van der Waals surface area contributed by atoms with Gasteiger partial charge in [0, 0.05) is 28.9 Å². The third-order valence-electron chi connectivity index (χ3n) is 2.56. The summed E-state index contributed by atoms with van der Waals surface area (Å²) in [4.78, 5) is 0.218. The molecule has 0 bridgehead atoms. The zero-order valence-corrected chi connectivity index (χ0v) is 11.1. The Morgan fingerprint density at radius 2 is 1.78 bits per heavy atom. The van der Waals surface area contributed by atoms with Crippen molar-refractivity contribution < 1.29 is 8.42 Å². The number of sulfonamides is 1. The summed E-state index contributed by atoms with van der Waals surface area (Å²) < 4.78 is 26.7. The van der Waals surface area contributed by atoms with Crippen LogP contribution >= 0.6 is 11.6 Å². The molecule has 0 unspecified atom stereocenters. The summed E-state index contributed by atoms with van der Waals surface area (Å²) in [6, 6.07) is 10.2. The van der Waals surface area contributed by atoms with Gasteiger partial charge in [0.15, 0.2) is 0 Å².